The molecule has 2 atom stereocenters. The number of fused-ring (bicyclic) bond motifs is 2. The number of amides is 1. The van der Waals surface area contributed by atoms with E-state index in [1.165, 1.54) is 5.56 Å². The fraction of sp³-hybridized carbons (Fsp3) is 0.500. The molecule has 2 aliphatic heterocycles. The molecule has 1 saturated heterocycles. The molecule has 2 fully saturated rings. The van der Waals surface area contributed by atoms with E-state index in [0.29, 0.717) is 18.5 Å². The Morgan fingerprint density at radius 1 is 1.17 bits per heavy atom. The molecule has 7 nitrogen and oxygen atoms in total. The summed E-state index contributed by atoms with van der Waals surface area (Å²) in [4.78, 5) is 28.4. The number of carbonyl (C=O) groups is 1. The van der Waals surface area contributed by atoms with Crippen LogP contribution in [0, 0.1) is 5.92 Å². The van der Waals surface area contributed by atoms with E-state index in [9.17, 15) is 4.79 Å². The number of nitrogens with zero attached hydrogens (tertiary/aromatic N) is 5. The van der Waals surface area contributed by atoms with E-state index in [2.05, 4.69) is 27.0 Å². The van der Waals surface area contributed by atoms with E-state index in [-0.39, 0.29) is 11.3 Å². The molecule has 1 amide bonds. The molecular weight excluding hydrogens is 366 g/mol. The number of piperazine rings is 1. The predicted octanol–water partition coefficient (Wildman–Crippen LogP) is 1.93. The number of anilines is 2. The van der Waals surface area contributed by atoms with Gasteiger partial charge in [-0.1, -0.05) is 18.2 Å². The van der Waals surface area contributed by atoms with Gasteiger partial charge in [-0.3, -0.25) is 4.79 Å². The molecule has 7 heteroatoms. The van der Waals surface area contributed by atoms with Crippen LogP contribution in [0.4, 0.5) is 11.8 Å². The van der Waals surface area contributed by atoms with E-state index in [4.69, 9.17) is 4.74 Å². The Balaban J connectivity index is 1.25. The zero-order valence-electron chi connectivity index (χ0n) is 17.0. The number of ether oxygens (including phenoxy) is 1. The van der Waals surface area contributed by atoms with Gasteiger partial charge in [0.05, 0.1) is 6.61 Å². The van der Waals surface area contributed by atoms with Crippen molar-refractivity contribution < 1.29 is 9.53 Å². The Morgan fingerprint density at radius 3 is 2.76 bits per heavy atom. The van der Waals surface area contributed by atoms with Gasteiger partial charge in [0, 0.05) is 63.4 Å². The largest absolute Gasteiger partial charge is 0.493 e. The van der Waals surface area contributed by atoms with Crippen molar-refractivity contribution in [3.05, 3.63) is 42.1 Å². The SMILES string of the molecule is CN(C)c1nccc(N2CCN(C(=O)[C@@H]3C[C@]34CCOc3ccccc34)CC2)n1. The third-order valence-corrected chi connectivity index (χ3v) is 6.55. The molecule has 1 aromatic heterocycles. The number of carbonyl (C=O) groups excluding carboxylic acids is 1. The summed E-state index contributed by atoms with van der Waals surface area (Å²) >= 11 is 0. The van der Waals surface area contributed by atoms with Gasteiger partial charge in [0.25, 0.3) is 0 Å². The first-order valence-electron chi connectivity index (χ1n) is 10.3. The summed E-state index contributed by atoms with van der Waals surface area (Å²) in [5.41, 5.74) is 1.22. The van der Waals surface area contributed by atoms with Crippen molar-refractivity contribution in [1.82, 2.24) is 14.9 Å². The minimum absolute atomic E-state index is 0.00364. The Hall–Kier alpha value is -2.83. The van der Waals surface area contributed by atoms with Gasteiger partial charge in [-0.15, -0.1) is 0 Å². The topological polar surface area (TPSA) is 61.8 Å². The summed E-state index contributed by atoms with van der Waals surface area (Å²) in [6, 6.07) is 10.2. The van der Waals surface area contributed by atoms with Crippen LogP contribution in [0.3, 0.4) is 0 Å². The monoisotopic (exact) mass is 393 g/mol. The van der Waals surface area contributed by atoms with E-state index >= 15 is 0 Å². The fourth-order valence-corrected chi connectivity index (χ4v) is 4.79. The smallest absolute Gasteiger partial charge is 0.226 e. The number of hydrogen-bond acceptors (Lipinski definition) is 6. The number of hydrogen-bond donors (Lipinski definition) is 0. The lowest BCUT2D eigenvalue weighted by atomic mass is 9.87. The van der Waals surface area contributed by atoms with Gasteiger partial charge in [0.15, 0.2) is 0 Å². The standard InChI is InChI=1S/C22H27N5O2/c1-25(2)21-23-9-7-19(24-21)26-10-12-27(13-11-26)20(28)17-15-22(17)8-14-29-18-6-4-3-5-16(18)22/h3-7,9,17H,8,10-15H2,1-2H3/t17-,22-/m0/s1. The molecule has 29 heavy (non-hydrogen) atoms. The lowest BCUT2D eigenvalue weighted by Crippen LogP contribution is -2.50. The maximum atomic E-state index is 13.3. The maximum Gasteiger partial charge on any atom is 0.226 e. The minimum atomic E-state index is -0.00364. The van der Waals surface area contributed by atoms with Gasteiger partial charge in [-0.2, -0.15) is 4.98 Å². The van der Waals surface area contributed by atoms with Crippen LogP contribution in [-0.2, 0) is 10.2 Å². The number of para-hydroxylation sites is 1. The molecule has 1 aromatic carbocycles. The first-order valence-corrected chi connectivity index (χ1v) is 10.3. The quantitative estimate of drug-likeness (QED) is 0.794. The molecule has 0 bridgehead atoms. The summed E-state index contributed by atoms with van der Waals surface area (Å²) in [7, 11) is 3.88. The number of rotatable bonds is 3. The molecule has 3 aliphatic rings. The van der Waals surface area contributed by atoms with Crippen molar-refractivity contribution in [3.63, 3.8) is 0 Å². The highest BCUT2D eigenvalue weighted by molar-refractivity contribution is 5.85. The van der Waals surface area contributed by atoms with E-state index in [1.54, 1.807) is 6.20 Å². The van der Waals surface area contributed by atoms with Gasteiger partial charge in [0.2, 0.25) is 11.9 Å². The minimum Gasteiger partial charge on any atom is -0.493 e. The fourth-order valence-electron chi connectivity index (χ4n) is 4.79. The second kappa shape index (κ2) is 6.90. The van der Waals surface area contributed by atoms with Crippen molar-refractivity contribution in [1.29, 1.82) is 0 Å². The van der Waals surface area contributed by atoms with Crippen LogP contribution >= 0.6 is 0 Å². The molecular formula is C22H27N5O2. The van der Waals surface area contributed by atoms with Crippen LogP contribution in [0.2, 0.25) is 0 Å². The van der Waals surface area contributed by atoms with Crippen molar-refractivity contribution in [2.75, 3.05) is 56.7 Å². The molecule has 152 valence electrons. The molecule has 1 saturated carbocycles. The molecule has 1 spiro atoms. The lowest BCUT2D eigenvalue weighted by molar-refractivity contribution is -0.133. The highest BCUT2D eigenvalue weighted by atomic mass is 16.5. The number of aromatic nitrogens is 2. The summed E-state index contributed by atoms with van der Waals surface area (Å²) in [5, 5.41) is 0. The summed E-state index contributed by atoms with van der Waals surface area (Å²) < 4.78 is 5.82. The molecule has 0 unspecified atom stereocenters. The lowest BCUT2D eigenvalue weighted by Gasteiger charge is -2.36. The average Bonchev–Trinajstić information content (AvgIpc) is 3.48. The van der Waals surface area contributed by atoms with Crippen molar-refractivity contribution in [2.24, 2.45) is 5.92 Å². The highest BCUT2D eigenvalue weighted by Crippen LogP contribution is 2.61. The van der Waals surface area contributed by atoms with Crippen LogP contribution in [0.15, 0.2) is 36.5 Å². The van der Waals surface area contributed by atoms with Gasteiger partial charge < -0.3 is 19.4 Å². The number of benzene rings is 1. The van der Waals surface area contributed by atoms with E-state index < -0.39 is 0 Å². The molecule has 0 N–H and O–H groups in total. The molecule has 5 rings (SSSR count). The normalized spacial score (nSPS) is 25.4. The Labute approximate surface area is 171 Å². The van der Waals surface area contributed by atoms with Crippen LogP contribution < -0.4 is 14.5 Å². The van der Waals surface area contributed by atoms with Crippen LogP contribution in [0.5, 0.6) is 5.75 Å². The molecule has 1 aliphatic carbocycles. The maximum absolute atomic E-state index is 13.3. The molecule has 2 aromatic rings. The first-order chi connectivity index (χ1) is 14.1. The van der Waals surface area contributed by atoms with Crippen LogP contribution in [0.1, 0.15) is 18.4 Å². The first kappa shape index (κ1) is 18.2. The zero-order valence-corrected chi connectivity index (χ0v) is 17.0. The van der Waals surface area contributed by atoms with Gasteiger partial charge in [-0.25, -0.2) is 4.98 Å². The molecule has 3 heterocycles. The van der Waals surface area contributed by atoms with Gasteiger partial charge in [0.1, 0.15) is 11.6 Å². The van der Waals surface area contributed by atoms with Crippen molar-refractivity contribution >= 4 is 17.7 Å². The Kier molecular flexibility index (Phi) is 4.33. The third kappa shape index (κ3) is 3.09. The van der Waals surface area contributed by atoms with E-state index in [1.807, 2.05) is 42.1 Å². The Bertz CT molecular complexity index is 925. The second-order valence-corrected chi connectivity index (χ2v) is 8.43. The zero-order chi connectivity index (χ0) is 20.0. The van der Waals surface area contributed by atoms with E-state index in [0.717, 1.165) is 50.6 Å². The van der Waals surface area contributed by atoms with Crippen LogP contribution in [0.25, 0.3) is 0 Å². The summed E-state index contributed by atoms with van der Waals surface area (Å²) in [5.74, 6) is 2.99. The molecule has 0 radical (unpaired) electrons. The third-order valence-electron chi connectivity index (χ3n) is 6.55. The summed E-state index contributed by atoms with van der Waals surface area (Å²) in [6.45, 7) is 3.79. The van der Waals surface area contributed by atoms with Gasteiger partial charge in [-0.05, 0) is 25.0 Å². The Morgan fingerprint density at radius 2 is 1.97 bits per heavy atom. The van der Waals surface area contributed by atoms with Crippen molar-refractivity contribution in [2.45, 2.75) is 18.3 Å². The average molecular weight is 393 g/mol. The second-order valence-electron chi connectivity index (χ2n) is 8.43. The predicted molar refractivity (Wildman–Crippen MR) is 111 cm³/mol. The van der Waals surface area contributed by atoms with Gasteiger partial charge >= 0.3 is 0 Å². The van der Waals surface area contributed by atoms with Crippen molar-refractivity contribution in [3.8, 4) is 5.75 Å². The highest BCUT2D eigenvalue weighted by Gasteiger charge is 2.61. The van der Waals surface area contributed by atoms with Crippen LogP contribution in [-0.4, -0.2) is 67.7 Å². The summed E-state index contributed by atoms with van der Waals surface area (Å²) in [6.07, 6.45) is 3.69.